The van der Waals surface area contributed by atoms with E-state index in [0.29, 0.717) is 22.3 Å². The topological polar surface area (TPSA) is 73.0 Å². The molecule has 148 valence electrons. The Morgan fingerprint density at radius 2 is 1.93 bits per heavy atom. The number of amides is 1. The van der Waals surface area contributed by atoms with Gasteiger partial charge in [0.2, 0.25) is 5.13 Å². The predicted molar refractivity (Wildman–Crippen MR) is 121 cm³/mol. The zero-order valence-electron chi connectivity index (χ0n) is 15.8. The van der Waals surface area contributed by atoms with Crippen molar-refractivity contribution >= 4 is 50.0 Å². The number of benzene rings is 2. The van der Waals surface area contributed by atoms with Gasteiger partial charge in [-0.3, -0.25) is 4.79 Å². The van der Waals surface area contributed by atoms with Crippen LogP contribution >= 0.6 is 27.3 Å². The number of thiazole rings is 1. The number of hydrogen-bond donors (Lipinski definition) is 1. The predicted octanol–water partition coefficient (Wildman–Crippen LogP) is 6.07. The molecule has 0 aliphatic heterocycles. The van der Waals surface area contributed by atoms with Gasteiger partial charge in [0.1, 0.15) is 17.1 Å². The first kappa shape index (κ1) is 18.8. The summed E-state index contributed by atoms with van der Waals surface area (Å²) in [6, 6.07) is 18.8. The Labute approximate surface area is 184 Å². The fraction of sp³-hybridized carbons (Fsp3) is 0.0455. The lowest BCUT2D eigenvalue weighted by atomic mass is 10.2. The van der Waals surface area contributed by atoms with E-state index in [2.05, 4.69) is 31.3 Å². The number of aryl methyl sites for hydroxylation is 1. The highest BCUT2D eigenvalue weighted by Crippen LogP contribution is 2.30. The van der Waals surface area contributed by atoms with Crippen LogP contribution in [0.2, 0.25) is 0 Å². The molecule has 0 spiro atoms. The van der Waals surface area contributed by atoms with Crippen molar-refractivity contribution in [2.75, 3.05) is 5.32 Å². The fourth-order valence-electron chi connectivity index (χ4n) is 3.11. The highest BCUT2D eigenvalue weighted by Gasteiger charge is 2.16. The van der Waals surface area contributed by atoms with E-state index < -0.39 is 0 Å². The number of rotatable bonds is 4. The van der Waals surface area contributed by atoms with Crippen molar-refractivity contribution in [3.05, 3.63) is 81.8 Å². The summed E-state index contributed by atoms with van der Waals surface area (Å²) in [5, 5.41) is 11.0. The number of nitrogens with zero attached hydrogens (tertiary/aromatic N) is 3. The summed E-state index contributed by atoms with van der Waals surface area (Å²) in [6.07, 6.45) is 0. The van der Waals surface area contributed by atoms with Gasteiger partial charge in [-0.2, -0.15) is 9.78 Å². The number of hydrogen-bond acceptors (Lipinski definition) is 5. The number of para-hydroxylation sites is 1. The Morgan fingerprint density at radius 1 is 1.13 bits per heavy atom. The van der Waals surface area contributed by atoms with Gasteiger partial charge in [0, 0.05) is 26.9 Å². The molecule has 8 heteroatoms. The van der Waals surface area contributed by atoms with Crippen LogP contribution in [0.5, 0.6) is 0 Å². The zero-order valence-corrected chi connectivity index (χ0v) is 18.2. The smallest absolute Gasteiger partial charge is 0.256 e. The molecular weight excluding hydrogens is 464 g/mol. The SMILES string of the molecule is Cc1cc(NC(=O)c2ccc(Br)cc2)n(-c2nc(-c3cc4ccccc4o3)cs2)n1. The molecule has 0 saturated heterocycles. The number of nitrogens with one attached hydrogen (secondary N) is 1. The molecule has 3 heterocycles. The summed E-state index contributed by atoms with van der Waals surface area (Å²) < 4.78 is 8.47. The van der Waals surface area contributed by atoms with Gasteiger partial charge in [0.25, 0.3) is 5.91 Å². The molecule has 30 heavy (non-hydrogen) atoms. The first-order chi connectivity index (χ1) is 14.6. The Kier molecular flexibility index (Phi) is 4.72. The van der Waals surface area contributed by atoms with E-state index in [1.54, 1.807) is 16.8 Å². The van der Waals surface area contributed by atoms with E-state index >= 15 is 0 Å². The van der Waals surface area contributed by atoms with Gasteiger partial charge in [-0.15, -0.1) is 11.3 Å². The molecule has 0 bridgehead atoms. The molecule has 0 aliphatic rings. The average Bonchev–Trinajstić information content (AvgIpc) is 3.45. The minimum absolute atomic E-state index is 0.210. The van der Waals surface area contributed by atoms with Crippen molar-refractivity contribution in [3.8, 4) is 16.6 Å². The van der Waals surface area contributed by atoms with Gasteiger partial charge in [-0.25, -0.2) is 4.98 Å². The van der Waals surface area contributed by atoms with Gasteiger partial charge < -0.3 is 9.73 Å². The lowest BCUT2D eigenvalue weighted by molar-refractivity contribution is 0.102. The van der Waals surface area contributed by atoms with Gasteiger partial charge in [0.05, 0.1) is 5.69 Å². The molecule has 0 saturated carbocycles. The van der Waals surface area contributed by atoms with Crippen LogP contribution in [0.25, 0.3) is 27.6 Å². The Balaban J connectivity index is 1.45. The van der Waals surface area contributed by atoms with Crippen LogP contribution in [-0.4, -0.2) is 20.7 Å². The molecule has 2 aromatic carbocycles. The summed E-state index contributed by atoms with van der Waals surface area (Å²) in [7, 11) is 0. The number of carbonyl (C=O) groups excluding carboxylic acids is 1. The molecule has 1 N–H and O–H groups in total. The average molecular weight is 479 g/mol. The Morgan fingerprint density at radius 3 is 2.73 bits per heavy atom. The van der Waals surface area contributed by atoms with Gasteiger partial charge in [-0.1, -0.05) is 34.1 Å². The van der Waals surface area contributed by atoms with Crippen LogP contribution in [0, 0.1) is 6.92 Å². The normalized spacial score (nSPS) is 11.1. The monoisotopic (exact) mass is 478 g/mol. The van der Waals surface area contributed by atoms with Crippen LogP contribution in [0.1, 0.15) is 16.1 Å². The lowest BCUT2D eigenvalue weighted by Crippen LogP contribution is -2.15. The summed E-state index contributed by atoms with van der Waals surface area (Å²) in [6.45, 7) is 1.87. The van der Waals surface area contributed by atoms with Crippen molar-refractivity contribution in [2.24, 2.45) is 0 Å². The van der Waals surface area contributed by atoms with Gasteiger partial charge >= 0.3 is 0 Å². The van der Waals surface area contributed by atoms with Crippen molar-refractivity contribution < 1.29 is 9.21 Å². The van der Waals surface area contributed by atoms with Crippen LogP contribution < -0.4 is 5.32 Å². The summed E-state index contributed by atoms with van der Waals surface area (Å²) in [4.78, 5) is 17.3. The number of aromatic nitrogens is 3. The zero-order chi connectivity index (χ0) is 20.7. The van der Waals surface area contributed by atoms with Crippen molar-refractivity contribution in [2.45, 2.75) is 6.92 Å². The van der Waals surface area contributed by atoms with Crippen molar-refractivity contribution in [1.29, 1.82) is 0 Å². The molecule has 0 unspecified atom stereocenters. The van der Waals surface area contributed by atoms with Crippen molar-refractivity contribution in [1.82, 2.24) is 14.8 Å². The fourth-order valence-corrected chi connectivity index (χ4v) is 4.15. The molecule has 0 atom stereocenters. The maximum atomic E-state index is 12.6. The third-order valence-electron chi connectivity index (χ3n) is 4.53. The van der Waals surface area contributed by atoms with E-state index in [0.717, 1.165) is 26.8 Å². The number of halogens is 1. The highest BCUT2D eigenvalue weighted by atomic mass is 79.9. The number of carbonyl (C=O) groups is 1. The quantitative estimate of drug-likeness (QED) is 0.340. The minimum atomic E-state index is -0.210. The van der Waals surface area contributed by atoms with Crippen LogP contribution in [0.4, 0.5) is 5.82 Å². The summed E-state index contributed by atoms with van der Waals surface area (Å²) >= 11 is 4.81. The third-order valence-corrected chi connectivity index (χ3v) is 5.88. The third kappa shape index (κ3) is 3.55. The first-order valence-electron chi connectivity index (χ1n) is 9.15. The molecule has 0 fully saturated rings. The Bertz CT molecular complexity index is 1330. The van der Waals surface area contributed by atoms with E-state index in [1.807, 2.05) is 60.8 Å². The molecule has 3 aromatic heterocycles. The second-order valence-corrected chi connectivity index (χ2v) is 8.46. The van der Waals surface area contributed by atoms with Crippen LogP contribution in [0.3, 0.4) is 0 Å². The molecule has 5 aromatic rings. The minimum Gasteiger partial charge on any atom is -0.454 e. The van der Waals surface area contributed by atoms with E-state index in [1.165, 1.54) is 11.3 Å². The van der Waals surface area contributed by atoms with Crippen LogP contribution in [0.15, 0.2) is 74.9 Å². The first-order valence-corrected chi connectivity index (χ1v) is 10.8. The second-order valence-electron chi connectivity index (χ2n) is 6.71. The van der Waals surface area contributed by atoms with Gasteiger partial charge in [0.15, 0.2) is 5.76 Å². The summed E-state index contributed by atoms with van der Waals surface area (Å²) in [5.74, 6) is 1.05. The van der Waals surface area contributed by atoms with E-state index in [-0.39, 0.29) is 5.91 Å². The molecule has 1 amide bonds. The van der Waals surface area contributed by atoms with Crippen molar-refractivity contribution in [3.63, 3.8) is 0 Å². The largest absolute Gasteiger partial charge is 0.454 e. The standard InChI is InChI=1S/C22H15BrN4O2S/c1-13-10-20(25-21(28)14-6-8-16(23)9-7-14)27(26-13)22-24-17(12-30-22)19-11-15-4-2-3-5-18(15)29-19/h2-12H,1H3,(H,25,28). The number of fused-ring (bicyclic) bond motifs is 1. The lowest BCUT2D eigenvalue weighted by Gasteiger charge is -2.06. The van der Waals surface area contributed by atoms with Crippen LogP contribution in [-0.2, 0) is 0 Å². The molecule has 0 radical (unpaired) electrons. The maximum Gasteiger partial charge on any atom is 0.256 e. The Hall–Kier alpha value is -3.23. The number of anilines is 1. The molecule has 5 rings (SSSR count). The summed E-state index contributed by atoms with van der Waals surface area (Å²) in [5.41, 5.74) is 2.89. The second kappa shape index (κ2) is 7.55. The maximum absolute atomic E-state index is 12.6. The van der Waals surface area contributed by atoms with E-state index in [4.69, 9.17) is 4.42 Å². The molecule has 6 nitrogen and oxygen atoms in total. The molecule has 0 aliphatic carbocycles. The van der Waals surface area contributed by atoms with E-state index in [9.17, 15) is 4.79 Å². The van der Waals surface area contributed by atoms with Gasteiger partial charge in [-0.05, 0) is 43.3 Å². The molecular formula is C22H15BrN4O2S. The highest BCUT2D eigenvalue weighted by molar-refractivity contribution is 9.10. The number of furan rings is 1.